The summed E-state index contributed by atoms with van der Waals surface area (Å²) in [6.45, 7) is 2.09. The van der Waals surface area contributed by atoms with Crippen molar-refractivity contribution in [3.8, 4) is 0 Å². The molecule has 1 unspecified atom stereocenters. The summed E-state index contributed by atoms with van der Waals surface area (Å²) < 4.78 is 36.7. The normalized spacial score (nSPS) is 17.6. The maximum absolute atomic E-state index is 12.2. The smallest absolute Gasteiger partial charge is 0.381 e. The van der Waals surface area contributed by atoms with Gasteiger partial charge < -0.3 is 5.32 Å². The molecule has 0 spiro atoms. The van der Waals surface area contributed by atoms with Gasteiger partial charge in [0.1, 0.15) is 0 Å². The lowest BCUT2D eigenvalue weighted by Crippen LogP contribution is -2.18. The van der Waals surface area contributed by atoms with Crippen LogP contribution < -0.4 is 5.32 Å². The van der Waals surface area contributed by atoms with E-state index in [9.17, 15) is 13.2 Å². The van der Waals surface area contributed by atoms with E-state index in [-0.39, 0.29) is 0 Å². The van der Waals surface area contributed by atoms with Crippen LogP contribution in [0.2, 0.25) is 0 Å². The van der Waals surface area contributed by atoms with Crippen LogP contribution in [0.5, 0.6) is 0 Å². The summed E-state index contributed by atoms with van der Waals surface area (Å²) in [5, 5.41) is 3.32. The summed E-state index contributed by atoms with van der Waals surface area (Å²) in [6, 6.07) is 7.53. The first-order chi connectivity index (χ1) is 8.46. The van der Waals surface area contributed by atoms with Crippen molar-refractivity contribution in [2.75, 3.05) is 11.1 Å². The van der Waals surface area contributed by atoms with E-state index in [0.29, 0.717) is 16.9 Å². The summed E-state index contributed by atoms with van der Waals surface area (Å²) >= 11 is 0.841. The van der Waals surface area contributed by atoms with Gasteiger partial charge >= 0.3 is 6.18 Å². The van der Waals surface area contributed by atoms with Gasteiger partial charge in [0.2, 0.25) is 0 Å². The average Bonchev–Trinajstić information content (AvgIpc) is 3.10. The molecule has 1 aliphatic rings. The molecule has 0 saturated heterocycles. The number of rotatable bonds is 5. The summed E-state index contributed by atoms with van der Waals surface area (Å²) in [5.41, 5.74) is 0.811. The topological polar surface area (TPSA) is 12.0 Å². The number of hydrogen-bond acceptors (Lipinski definition) is 2. The Kier molecular flexibility index (Phi) is 4.10. The molecule has 0 aliphatic heterocycles. The van der Waals surface area contributed by atoms with Gasteiger partial charge in [-0.25, -0.2) is 0 Å². The van der Waals surface area contributed by atoms with Crippen molar-refractivity contribution in [3.63, 3.8) is 0 Å². The average molecular weight is 275 g/mol. The van der Waals surface area contributed by atoms with Crippen LogP contribution in [0.25, 0.3) is 0 Å². The van der Waals surface area contributed by atoms with Gasteiger partial charge in [0, 0.05) is 16.6 Å². The van der Waals surface area contributed by atoms with Crippen molar-refractivity contribution >= 4 is 17.4 Å². The highest BCUT2D eigenvalue weighted by molar-refractivity contribution is 7.99. The van der Waals surface area contributed by atoms with Gasteiger partial charge in [-0.05, 0) is 37.8 Å². The number of halogens is 3. The van der Waals surface area contributed by atoms with Crippen LogP contribution in [0.1, 0.15) is 19.8 Å². The van der Waals surface area contributed by atoms with E-state index < -0.39 is 11.9 Å². The predicted molar refractivity (Wildman–Crippen MR) is 69.0 cm³/mol. The van der Waals surface area contributed by atoms with Crippen LogP contribution in [0.3, 0.4) is 0 Å². The monoisotopic (exact) mass is 275 g/mol. The van der Waals surface area contributed by atoms with Crippen molar-refractivity contribution in [1.82, 2.24) is 0 Å². The lowest BCUT2D eigenvalue weighted by molar-refractivity contribution is -0.105. The number of para-hydroxylation sites is 1. The molecule has 0 heterocycles. The lowest BCUT2D eigenvalue weighted by atomic mass is 10.2. The fraction of sp³-hybridized carbons (Fsp3) is 0.538. The van der Waals surface area contributed by atoms with Crippen LogP contribution >= 0.6 is 11.8 Å². The molecule has 0 amide bonds. The van der Waals surface area contributed by atoms with E-state index >= 15 is 0 Å². The zero-order chi connectivity index (χ0) is 13.2. The highest BCUT2D eigenvalue weighted by Crippen LogP contribution is 2.37. The van der Waals surface area contributed by atoms with Gasteiger partial charge in [-0.2, -0.15) is 13.2 Å². The second-order valence-electron chi connectivity index (χ2n) is 4.67. The predicted octanol–water partition coefficient (Wildman–Crippen LogP) is 4.55. The Balaban J connectivity index is 2.00. The highest BCUT2D eigenvalue weighted by atomic mass is 32.2. The number of nitrogens with one attached hydrogen (secondary N) is 1. The highest BCUT2D eigenvalue weighted by Gasteiger charge is 2.29. The number of thioether (sulfide) groups is 1. The van der Waals surface area contributed by atoms with Crippen molar-refractivity contribution in [1.29, 1.82) is 0 Å². The Bertz CT molecular complexity index is 401. The van der Waals surface area contributed by atoms with Crippen LogP contribution in [-0.2, 0) is 0 Å². The Labute approximate surface area is 109 Å². The summed E-state index contributed by atoms with van der Waals surface area (Å²) in [5.74, 6) is -0.172. The Morgan fingerprint density at radius 2 is 2.00 bits per heavy atom. The van der Waals surface area contributed by atoms with Crippen molar-refractivity contribution in [2.45, 2.75) is 36.9 Å². The molecule has 2 rings (SSSR count). The first kappa shape index (κ1) is 13.6. The minimum atomic E-state index is -4.13. The molecule has 1 atom stereocenters. The molecule has 1 aromatic carbocycles. The molecule has 18 heavy (non-hydrogen) atoms. The quantitative estimate of drug-likeness (QED) is 0.791. The molecular formula is C13H16F3NS. The summed E-state index contributed by atoms with van der Waals surface area (Å²) in [6.07, 6.45) is -1.70. The molecule has 100 valence electrons. The van der Waals surface area contributed by atoms with Gasteiger partial charge in [0.15, 0.2) is 0 Å². The molecule has 5 heteroatoms. The molecule has 1 nitrogen and oxygen atoms in total. The van der Waals surface area contributed by atoms with E-state index in [2.05, 4.69) is 12.2 Å². The Morgan fingerprint density at radius 1 is 1.33 bits per heavy atom. The van der Waals surface area contributed by atoms with Gasteiger partial charge in [-0.15, -0.1) is 11.8 Å². The van der Waals surface area contributed by atoms with Gasteiger partial charge in [0.25, 0.3) is 0 Å². The van der Waals surface area contributed by atoms with Crippen LogP contribution in [0, 0.1) is 5.92 Å². The number of hydrogen-bond donors (Lipinski definition) is 1. The second kappa shape index (κ2) is 5.43. The second-order valence-corrected chi connectivity index (χ2v) is 5.69. The number of benzene rings is 1. The zero-order valence-electron chi connectivity index (χ0n) is 10.1. The lowest BCUT2D eigenvalue weighted by Gasteiger charge is -2.17. The summed E-state index contributed by atoms with van der Waals surface area (Å²) in [4.78, 5) is 0.669. The standard InChI is InChI=1S/C13H16F3NS/c1-9(10-6-7-10)17-11-4-2-3-5-12(11)18-8-13(14,15)16/h2-5,9-10,17H,6-8H2,1H3. The Hall–Kier alpha value is -0.840. The fourth-order valence-electron chi connectivity index (χ4n) is 1.83. The van der Waals surface area contributed by atoms with Gasteiger partial charge in [-0.3, -0.25) is 0 Å². The van der Waals surface area contributed by atoms with E-state index in [1.165, 1.54) is 12.8 Å². The Morgan fingerprint density at radius 3 is 2.61 bits per heavy atom. The molecule has 1 saturated carbocycles. The number of alkyl halides is 3. The third kappa shape index (κ3) is 4.12. The van der Waals surface area contributed by atoms with Crippen molar-refractivity contribution in [3.05, 3.63) is 24.3 Å². The first-order valence-electron chi connectivity index (χ1n) is 6.01. The first-order valence-corrected chi connectivity index (χ1v) is 6.99. The third-order valence-electron chi connectivity index (χ3n) is 2.99. The van der Waals surface area contributed by atoms with Crippen molar-refractivity contribution in [2.24, 2.45) is 5.92 Å². The molecule has 1 fully saturated rings. The van der Waals surface area contributed by atoms with E-state index in [1.54, 1.807) is 12.1 Å². The SMILES string of the molecule is CC(Nc1ccccc1SCC(F)(F)F)C1CC1. The number of anilines is 1. The molecule has 0 bridgehead atoms. The molecule has 1 aliphatic carbocycles. The van der Waals surface area contributed by atoms with Crippen LogP contribution in [-0.4, -0.2) is 18.0 Å². The molecular weight excluding hydrogens is 259 g/mol. The summed E-state index contributed by atoms with van der Waals surface area (Å²) in [7, 11) is 0. The fourth-order valence-corrected chi connectivity index (χ4v) is 2.61. The van der Waals surface area contributed by atoms with Gasteiger partial charge in [0.05, 0.1) is 5.75 Å². The third-order valence-corrected chi connectivity index (χ3v) is 4.13. The van der Waals surface area contributed by atoms with E-state index in [4.69, 9.17) is 0 Å². The van der Waals surface area contributed by atoms with E-state index in [0.717, 1.165) is 17.4 Å². The maximum Gasteiger partial charge on any atom is 0.398 e. The van der Waals surface area contributed by atoms with Crippen molar-refractivity contribution < 1.29 is 13.2 Å². The molecule has 0 aromatic heterocycles. The minimum absolute atomic E-state index is 0.331. The van der Waals surface area contributed by atoms with Crippen LogP contribution in [0.4, 0.5) is 18.9 Å². The molecule has 0 radical (unpaired) electrons. The maximum atomic E-state index is 12.2. The molecule has 1 aromatic rings. The zero-order valence-corrected chi connectivity index (χ0v) is 10.9. The largest absolute Gasteiger partial charge is 0.398 e. The van der Waals surface area contributed by atoms with E-state index in [1.807, 2.05) is 12.1 Å². The minimum Gasteiger partial charge on any atom is -0.381 e. The van der Waals surface area contributed by atoms with Gasteiger partial charge in [-0.1, -0.05) is 12.1 Å². The molecule has 1 N–H and O–H groups in total. The van der Waals surface area contributed by atoms with Crippen LogP contribution in [0.15, 0.2) is 29.2 Å².